The number of sulfonamides is 1. The van der Waals surface area contributed by atoms with Crippen molar-refractivity contribution in [3.63, 3.8) is 0 Å². The summed E-state index contributed by atoms with van der Waals surface area (Å²) in [4.78, 5) is 12.2. The Morgan fingerprint density at radius 3 is 2.62 bits per heavy atom. The number of hydrogen-bond donors (Lipinski definition) is 2. The summed E-state index contributed by atoms with van der Waals surface area (Å²) in [6, 6.07) is 6.12. The molecule has 2 rings (SSSR count). The van der Waals surface area contributed by atoms with E-state index in [1.165, 1.54) is 16.4 Å². The van der Waals surface area contributed by atoms with Gasteiger partial charge in [-0.25, -0.2) is 8.42 Å². The number of morpholine rings is 1. The van der Waals surface area contributed by atoms with Gasteiger partial charge in [0.05, 0.1) is 18.1 Å². The number of nitrogens with zero attached hydrogens (tertiary/aromatic N) is 1. The van der Waals surface area contributed by atoms with E-state index in [1.807, 2.05) is 0 Å². The fourth-order valence-corrected chi connectivity index (χ4v) is 3.76. The SMILES string of the molecule is Cl.NCCCCNC(=O)c1cccc(S(=O)(=O)N2CCOCC2)c1. The third kappa shape index (κ3) is 5.42. The number of amides is 1. The highest BCUT2D eigenvalue weighted by molar-refractivity contribution is 7.89. The van der Waals surface area contributed by atoms with Gasteiger partial charge in [0.2, 0.25) is 10.0 Å². The van der Waals surface area contributed by atoms with E-state index in [9.17, 15) is 13.2 Å². The van der Waals surface area contributed by atoms with Crippen LogP contribution in [-0.2, 0) is 14.8 Å². The van der Waals surface area contributed by atoms with Gasteiger partial charge in [-0.3, -0.25) is 4.79 Å². The molecule has 0 saturated carbocycles. The third-order valence-corrected chi connectivity index (χ3v) is 5.52. The Labute approximate surface area is 149 Å². The van der Waals surface area contributed by atoms with Gasteiger partial charge in [-0.05, 0) is 37.6 Å². The topological polar surface area (TPSA) is 102 Å². The molecule has 0 aliphatic carbocycles. The van der Waals surface area contributed by atoms with Crippen molar-refractivity contribution in [2.75, 3.05) is 39.4 Å². The number of carbonyl (C=O) groups excluding carboxylic acids is 1. The lowest BCUT2D eigenvalue weighted by molar-refractivity contribution is 0.0730. The maximum atomic E-state index is 12.6. The van der Waals surface area contributed by atoms with E-state index < -0.39 is 10.0 Å². The molecule has 3 N–H and O–H groups in total. The first-order valence-corrected chi connectivity index (χ1v) is 9.16. The number of nitrogens with two attached hydrogens (primary N) is 1. The summed E-state index contributed by atoms with van der Waals surface area (Å²) in [6.07, 6.45) is 1.64. The monoisotopic (exact) mass is 377 g/mol. The van der Waals surface area contributed by atoms with Gasteiger partial charge >= 0.3 is 0 Å². The molecule has 7 nitrogen and oxygen atoms in total. The van der Waals surface area contributed by atoms with Gasteiger partial charge in [0.1, 0.15) is 0 Å². The fraction of sp³-hybridized carbons (Fsp3) is 0.533. The first kappa shape index (κ1) is 20.9. The minimum Gasteiger partial charge on any atom is -0.379 e. The van der Waals surface area contributed by atoms with Crippen molar-refractivity contribution < 1.29 is 17.9 Å². The molecule has 0 aromatic heterocycles. The molecule has 0 atom stereocenters. The van der Waals surface area contributed by atoms with Crippen molar-refractivity contribution >= 4 is 28.3 Å². The number of carbonyl (C=O) groups is 1. The molecule has 0 radical (unpaired) electrons. The Balaban J connectivity index is 0.00000288. The van der Waals surface area contributed by atoms with Crippen molar-refractivity contribution in [1.29, 1.82) is 0 Å². The zero-order chi connectivity index (χ0) is 16.7. The number of halogens is 1. The van der Waals surface area contributed by atoms with Gasteiger partial charge in [0.15, 0.2) is 0 Å². The third-order valence-electron chi connectivity index (χ3n) is 3.62. The largest absolute Gasteiger partial charge is 0.379 e. The van der Waals surface area contributed by atoms with Gasteiger partial charge in [0.25, 0.3) is 5.91 Å². The first-order chi connectivity index (χ1) is 11.1. The lowest BCUT2D eigenvalue weighted by Gasteiger charge is -2.26. The van der Waals surface area contributed by atoms with Crippen LogP contribution < -0.4 is 11.1 Å². The Morgan fingerprint density at radius 1 is 1.25 bits per heavy atom. The summed E-state index contributed by atoms with van der Waals surface area (Å²) in [5.74, 6) is -0.277. The number of rotatable bonds is 7. The Kier molecular flexibility index (Phi) is 8.65. The zero-order valence-electron chi connectivity index (χ0n) is 13.4. The van der Waals surface area contributed by atoms with Crippen molar-refractivity contribution in [3.8, 4) is 0 Å². The van der Waals surface area contributed by atoms with Crippen LogP contribution in [0.25, 0.3) is 0 Å². The van der Waals surface area contributed by atoms with Crippen molar-refractivity contribution in [2.45, 2.75) is 17.7 Å². The highest BCUT2D eigenvalue weighted by atomic mass is 35.5. The highest BCUT2D eigenvalue weighted by Gasteiger charge is 2.26. The summed E-state index contributed by atoms with van der Waals surface area (Å²) in [5.41, 5.74) is 5.74. The summed E-state index contributed by atoms with van der Waals surface area (Å²) in [6.45, 7) is 2.55. The van der Waals surface area contributed by atoms with Gasteiger partial charge in [-0.1, -0.05) is 6.07 Å². The molecular formula is C15H24ClN3O4S. The quantitative estimate of drug-likeness (QED) is 0.677. The van der Waals surface area contributed by atoms with Crippen molar-refractivity contribution in [1.82, 2.24) is 9.62 Å². The Morgan fingerprint density at radius 2 is 1.96 bits per heavy atom. The average Bonchev–Trinajstić information content (AvgIpc) is 2.59. The van der Waals surface area contributed by atoms with Crippen LogP contribution in [0.4, 0.5) is 0 Å². The van der Waals surface area contributed by atoms with E-state index in [-0.39, 0.29) is 23.2 Å². The van der Waals surface area contributed by atoms with E-state index in [0.29, 0.717) is 45.0 Å². The van der Waals surface area contributed by atoms with E-state index in [1.54, 1.807) is 12.1 Å². The smallest absolute Gasteiger partial charge is 0.251 e. The number of ether oxygens (including phenoxy) is 1. The average molecular weight is 378 g/mol. The molecule has 1 amide bonds. The minimum atomic E-state index is -3.59. The lowest BCUT2D eigenvalue weighted by Crippen LogP contribution is -2.40. The minimum absolute atomic E-state index is 0. The lowest BCUT2D eigenvalue weighted by atomic mass is 10.2. The summed E-state index contributed by atoms with van der Waals surface area (Å²) in [5, 5.41) is 2.77. The highest BCUT2D eigenvalue weighted by Crippen LogP contribution is 2.18. The van der Waals surface area contributed by atoms with Gasteiger partial charge in [-0.15, -0.1) is 12.4 Å². The second-order valence-electron chi connectivity index (χ2n) is 5.30. The number of unbranched alkanes of at least 4 members (excludes halogenated alkanes) is 1. The number of nitrogens with one attached hydrogen (secondary N) is 1. The predicted octanol–water partition coefficient (Wildman–Crippen LogP) is 0.598. The van der Waals surface area contributed by atoms with Crippen LogP contribution >= 0.6 is 12.4 Å². The summed E-state index contributed by atoms with van der Waals surface area (Å²) < 4.78 is 31.7. The Hall–Kier alpha value is -1.19. The Bertz CT molecular complexity index is 633. The molecule has 24 heavy (non-hydrogen) atoms. The number of hydrogen-bond acceptors (Lipinski definition) is 5. The molecule has 1 aliphatic heterocycles. The standard InChI is InChI=1S/C15H23N3O4S.ClH/c16-6-1-2-7-17-15(19)13-4-3-5-14(12-13)23(20,21)18-8-10-22-11-9-18;/h3-5,12H,1-2,6-11,16H2,(H,17,19);1H. The van der Waals surface area contributed by atoms with Crippen LogP contribution in [0.3, 0.4) is 0 Å². The maximum absolute atomic E-state index is 12.6. The van der Waals surface area contributed by atoms with Crippen LogP contribution in [-0.4, -0.2) is 58.0 Å². The molecule has 1 saturated heterocycles. The van der Waals surface area contributed by atoms with Gasteiger partial charge in [-0.2, -0.15) is 4.31 Å². The van der Waals surface area contributed by atoms with Crippen LogP contribution in [0.2, 0.25) is 0 Å². The molecule has 1 fully saturated rings. The molecule has 1 aliphatic rings. The van der Waals surface area contributed by atoms with Crippen LogP contribution in [0.1, 0.15) is 23.2 Å². The van der Waals surface area contributed by atoms with E-state index in [4.69, 9.17) is 10.5 Å². The molecule has 1 heterocycles. The molecule has 1 aromatic carbocycles. The zero-order valence-corrected chi connectivity index (χ0v) is 15.1. The number of benzene rings is 1. The van der Waals surface area contributed by atoms with E-state index >= 15 is 0 Å². The predicted molar refractivity (Wildman–Crippen MR) is 93.9 cm³/mol. The molecular weight excluding hydrogens is 354 g/mol. The summed E-state index contributed by atoms with van der Waals surface area (Å²) in [7, 11) is -3.59. The normalized spacial score (nSPS) is 15.5. The second kappa shape index (κ2) is 9.95. The molecule has 136 valence electrons. The maximum Gasteiger partial charge on any atom is 0.251 e. The molecule has 0 spiro atoms. The van der Waals surface area contributed by atoms with Crippen LogP contribution in [0, 0.1) is 0 Å². The molecule has 9 heteroatoms. The van der Waals surface area contributed by atoms with Crippen LogP contribution in [0.15, 0.2) is 29.2 Å². The van der Waals surface area contributed by atoms with Gasteiger partial charge < -0.3 is 15.8 Å². The summed E-state index contributed by atoms with van der Waals surface area (Å²) >= 11 is 0. The molecule has 0 unspecified atom stereocenters. The van der Waals surface area contributed by atoms with E-state index in [2.05, 4.69) is 5.32 Å². The van der Waals surface area contributed by atoms with Crippen LogP contribution in [0.5, 0.6) is 0 Å². The molecule has 1 aromatic rings. The second-order valence-corrected chi connectivity index (χ2v) is 7.23. The van der Waals surface area contributed by atoms with Gasteiger partial charge in [0, 0.05) is 25.2 Å². The first-order valence-electron chi connectivity index (χ1n) is 7.72. The van der Waals surface area contributed by atoms with E-state index in [0.717, 1.165) is 12.8 Å². The molecule has 0 bridgehead atoms. The fourth-order valence-electron chi connectivity index (χ4n) is 2.31. The van der Waals surface area contributed by atoms with Crippen molar-refractivity contribution in [3.05, 3.63) is 29.8 Å². The van der Waals surface area contributed by atoms with Crippen molar-refractivity contribution in [2.24, 2.45) is 5.73 Å².